The lowest BCUT2D eigenvalue weighted by Gasteiger charge is -2.20. The number of nitrogens with one attached hydrogen (secondary N) is 1. The molecule has 0 radical (unpaired) electrons. The van der Waals surface area contributed by atoms with Gasteiger partial charge in [0.15, 0.2) is 5.03 Å². The molecular formula is C14H19N3O6S. The molecule has 1 aromatic rings. The van der Waals surface area contributed by atoms with Crippen LogP contribution in [-0.2, 0) is 14.3 Å². The third-order valence-electron chi connectivity index (χ3n) is 2.60. The number of carbonyl (C=O) groups is 2. The molecule has 1 aromatic heterocycles. The highest BCUT2D eigenvalue weighted by molar-refractivity contribution is 7.97. The van der Waals surface area contributed by atoms with Crippen molar-refractivity contribution in [3.05, 3.63) is 28.4 Å². The number of nitro groups is 1. The summed E-state index contributed by atoms with van der Waals surface area (Å²) in [7, 11) is 0. The Balaban J connectivity index is 2.63. The molecule has 0 saturated heterocycles. The fraction of sp³-hybridized carbons (Fsp3) is 0.500. The number of carboxylic acid groups (broad SMARTS) is 1. The minimum atomic E-state index is -1.18. The summed E-state index contributed by atoms with van der Waals surface area (Å²) in [5, 5.41) is 20.1. The lowest BCUT2D eigenvalue weighted by molar-refractivity contribution is -0.388. The van der Waals surface area contributed by atoms with E-state index in [4.69, 9.17) is 4.74 Å². The van der Waals surface area contributed by atoms with Crippen LogP contribution < -0.4 is 4.72 Å². The van der Waals surface area contributed by atoms with Crippen LogP contribution in [0.1, 0.15) is 33.6 Å². The summed E-state index contributed by atoms with van der Waals surface area (Å²) in [5.74, 6) is -1.69. The Kier molecular flexibility index (Phi) is 7.11. The van der Waals surface area contributed by atoms with Crippen LogP contribution in [0.5, 0.6) is 0 Å². The quantitative estimate of drug-likeness (QED) is 0.311. The maximum atomic E-state index is 11.7. The molecule has 0 saturated carbocycles. The number of esters is 1. The van der Waals surface area contributed by atoms with Gasteiger partial charge in [-0.05, 0) is 45.2 Å². The second kappa shape index (κ2) is 8.60. The summed E-state index contributed by atoms with van der Waals surface area (Å²) in [6.45, 7) is 5.15. The van der Waals surface area contributed by atoms with Gasteiger partial charge in [0, 0.05) is 18.7 Å². The maximum Gasteiger partial charge on any atom is 0.321 e. The molecule has 1 heterocycles. The zero-order valence-corrected chi connectivity index (χ0v) is 14.3. The molecule has 9 nitrogen and oxygen atoms in total. The van der Waals surface area contributed by atoms with Gasteiger partial charge in [0.1, 0.15) is 11.6 Å². The van der Waals surface area contributed by atoms with Crippen molar-refractivity contribution in [2.45, 2.75) is 50.3 Å². The Morgan fingerprint density at radius 2 is 2.17 bits per heavy atom. The molecule has 0 fully saturated rings. The summed E-state index contributed by atoms with van der Waals surface area (Å²) >= 11 is 0.741. The van der Waals surface area contributed by atoms with E-state index in [1.807, 2.05) is 0 Å². The average molecular weight is 357 g/mol. The number of hydrogen-bond donors (Lipinski definition) is 2. The normalized spacial score (nSPS) is 12.5. The third-order valence-corrected chi connectivity index (χ3v) is 3.51. The molecule has 132 valence electrons. The molecular weight excluding hydrogens is 338 g/mol. The molecule has 0 amide bonds. The van der Waals surface area contributed by atoms with E-state index in [-0.39, 0.29) is 23.6 Å². The predicted octanol–water partition coefficient (Wildman–Crippen LogP) is 2.16. The van der Waals surface area contributed by atoms with Crippen LogP contribution in [0.2, 0.25) is 0 Å². The molecule has 0 aliphatic rings. The first-order valence-electron chi connectivity index (χ1n) is 7.06. The molecule has 0 aliphatic carbocycles. The van der Waals surface area contributed by atoms with Crippen molar-refractivity contribution in [3.8, 4) is 0 Å². The van der Waals surface area contributed by atoms with E-state index in [2.05, 4.69) is 9.71 Å². The van der Waals surface area contributed by atoms with Gasteiger partial charge in [0.05, 0.1) is 4.92 Å². The Bertz CT molecular complexity index is 617. The number of carbonyl (C=O) groups excluding carboxylic acids is 1. The first-order chi connectivity index (χ1) is 11.1. The van der Waals surface area contributed by atoms with Gasteiger partial charge in [0.2, 0.25) is 0 Å². The first kappa shape index (κ1) is 19.8. The van der Waals surface area contributed by atoms with E-state index in [0.29, 0.717) is 0 Å². The lowest BCUT2D eigenvalue weighted by atomic mass is 10.1. The smallest absolute Gasteiger partial charge is 0.321 e. The highest BCUT2D eigenvalue weighted by Gasteiger charge is 2.23. The van der Waals surface area contributed by atoms with Gasteiger partial charge in [0.25, 0.3) is 0 Å². The minimum Gasteiger partial charge on any atom is -0.480 e. The van der Waals surface area contributed by atoms with Gasteiger partial charge in [-0.1, -0.05) is 0 Å². The highest BCUT2D eigenvalue weighted by Crippen LogP contribution is 2.24. The van der Waals surface area contributed by atoms with Crippen LogP contribution in [0.15, 0.2) is 23.4 Å². The van der Waals surface area contributed by atoms with Crippen LogP contribution in [-0.4, -0.2) is 38.6 Å². The number of aromatic nitrogens is 1. The summed E-state index contributed by atoms with van der Waals surface area (Å²) in [6, 6.07) is 1.61. The van der Waals surface area contributed by atoms with E-state index in [9.17, 15) is 24.8 Å². The van der Waals surface area contributed by atoms with Gasteiger partial charge >= 0.3 is 17.6 Å². The third kappa shape index (κ3) is 6.92. The van der Waals surface area contributed by atoms with E-state index in [0.717, 1.165) is 11.9 Å². The van der Waals surface area contributed by atoms with Gasteiger partial charge in [-0.15, -0.1) is 0 Å². The Morgan fingerprint density at radius 3 is 2.71 bits per heavy atom. The van der Waals surface area contributed by atoms with E-state index < -0.39 is 28.5 Å². The number of ether oxygens (including phenoxy) is 1. The molecule has 10 heteroatoms. The molecule has 0 unspecified atom stereocenters. The number of aliphatic carboxylic acids is 1. The zero-order valence-electron chi connectivity index (χ0n) is 13.5. The van der Waals surface area contributed by atoms with Crippen molar-refractivity contribution in [1.29, 1.82) is 0 Å². The molecule has 0 bridgehead atoms. The maximum absolute atomic E-state index is 11.7. The van der Waals surface area contributed by atoms with Crippen molar-refractivity contribution >= 4 is 29.6 Å². The SMILES string of the molecule is CC(C)(C)OC(=O)CC[C@H](NSc1ncccc1[N+](=O)[O-])C(=O)O. The second-order valence-electron chi connectivity index (χ2n) is 5.82. The van der Waals surface area contributed by atoms with Gasteiger partial charge in [-0.3, -0.25) is 19.7 Å². The molecule has 24 heavy (non-hydrogen) atoms. The molecule has 0 aromatic carbocycles. The topological polar surface area (TPSA) is 132 Å². The molecule has 2 N–H and O–H groups in total. The summed E-state index contributed by atoms with van der Waals surface area (Å²) in [6.07, 6.45) is 1.26. The average Bonchev–Trinajstić information content (AvgIpc) is 2.45. The highest BCUT2D eigenvalue weighted by atomic mass is 32.2. The standard InChI is InChI=1S/C14H19N3O6S/c1-14(2,3)23-11(18)7-6-9(13(19)20)16-24-12-10(17(21)22)5-4-8-15-12/h4-5,8-9,16H,6-7H2,1-3H3,(H,19,20)/t9-/m0/s1. The zero-order chi connectivity index (χ0) is 18.3. The van der Waals surface area contributed by atoms with Gasteiger partial charge < -0.3 is 9.84 Å². The molecule has 0 aliphatic heterocycles. The van der Waals surface area contributed by atoms with Crippen molar-refractivity contribution < 1.29 is 24.4 Å². The van der Waals surface area contributed by atoms with Crippen LogP contribution in [0, 0.1) is 10.1 Å². The largest absolute Gasteiger partial charge is 0.480 e. The van der Waals surface area contributed by atoms with Crippen molar-refractivity contribution in [2.75, 3.05) is 0 Å². The Labute approximate surface area is 143 Å². The summed E-state index contributed by atoms with van der Waals surface area (Å²) < 4.78 is 7.70. The van der Waals surface area contributed by atoms with Crippen molar-refractivity contribution in [2.24, 2.45) is 0 Å². The van der Waals surface area contributed by atoms with E-state index >= 15 is 0 Å². The van der Waals surface area contributed by atoms with Crippen LogP contribution in [0.25, 0.3) is 0 Å². The number of rotatable bonds is 8. The Hall–Kier alpha value is -2.20. The number of nitrogens with zero attached hydrogens (tertiary/aromatic N) is 2. The van der Waals surface area contributed by atoms with Crippen LogP contribution >= 0.6 is 11.9 Å². The molecule has 0 spiro atoms. The van der Waals surface area contributed by atoms with Crippen molar-refractivity contribution in [3.63, 3.8) is 0 Å². The molecule has 1 atom stereocenters. The summed E-state index contributed by atoms with van der Waals surface area (Å²) in [4.78, 5) is 37.0. The van der Waals surface area contributed by atoms with E-state index in [1.165, 1.54) is 18.3 Å². The number of hydrogen-bond acceptors (Lipinski definition) is 8. The van der Waals surface area contributed by atoms with Gasteiger partial charge in [-0.2, -0.15) is 0 Å². The Morgan fingerprint density at radius 1 is 1.50 bits per heavy atom. The predicted molar refractivity (Wildman–Crippen MR) is 86.4 cm³/mol. The number of pyridine rings is 1. The minimum absolute atomic E-state index is 0.0160. The fourth-order valence-corrected chi connectivity index (χ4v) is 2.45. The fourth-order valence-electron chi connectivity index (χ4n) is 1.61. The van der Waals surface area contributed by atoms with E-state index in [1.54, 1.807) is 20.8 Å². The molecule has 1 rings (SSSR count). The lowest BCUT2D eigenvalue weighted by Crippen LogP contribution is -2.33. The van der Waals surface area contributed by atoms with Crippen LogP contribution in [0.3, 0.4) is 0 Å². The first-order valence-corrected chi connectivity index (χ1v) is 7.88. The summed E-state index contributed by atoms with van der Waals surface area (Å²) in [5.41, 5.74) is -0.877. The second-order valence-corrected chi connectivity index (χ2v) is 6.65. The van der Waals surface area contributed by atoms with Crippen molar-refractivity contribution in [1.82, 2.24) is 9.71 Å². The monoisotopic (exact) mass is 357 g/mol. The number of carboxylic acids is 1. The van der Waals surface area contributed by atoms with Gasteiger partial charge in [-0.25, -0.2) is 9.71 Å². The van der Waals surface area contributed by atoms with Crippen LogP contribution in [0.4, 0.5) is 5.69 Å².